The molecular weight excluding hydrogens is 156 g/mol. The smallest absolute Gasteiger partial charge is 0.226 e. The molecule has 0 spiro atoms. The van der Waals surface area contributed by atoms with Crippen molar-refractivity contribution in [2.45, 2.75) is 52.1 Å². The van der Waals surface area contributed by atoms with Gasteiger partial charge in [-0.25, -0.2) is 0 Å². The minimum Gasteiger partial charge on any atom is -0.341 e. The lowest BCUT2D eigenvalue weighted by Gasteiger charge is -2.38. The van der Waals surface area contributed by atoms with Gasteiger partial charge in [0.1, 0.15) is 0 Å². The number of rotatable bonds is 1. The van der Waals surface area contributed by atoms with E-state index in [1.54, 1.807) is 6.92 Å². The van der Waals surface area contributed by atoms with Gasteiger partial charge in [0, 0.05) is 6.92 Å². The van der Waals surface area contributed by atoms with Gasteiger partial charge >= 0.3 is 0 Å². The first kappa shape index (κ1) is 9.68. The molecule has 70 valence electrons. The molecule has 1 rings (SSSR count). The summed E-state index contributed by atoms with van der Waals surface area (Å²) in [6.45, 7) is 7.09. The fraction of sp³-hybridized carbons (Fsp3) is 0.889. The third-order valence-electron chi connectivity index (χ3n) is 2.16. The standard InChI is InChI=1S/C9H16O3/c1-6-5-7(2)12-9(4,11-6)8(3)10/h6-7H,5H2,1-4H3. The molecular formula is C9H16O3. The Hall–Kier alpha value is -0.410. The number of Topliss-reactive ketones (excluding diaryl/α,β-unsaturated/α-hetero) is 1. The Morgan fingerprint density at radius 2 is 1.75 bits per heavy atom. The zero-order valence-corrected chi connectivity index (χ0v) is 8.09. The Morgan fingerprint density at radius 1 is 1.33 bits per heavy atom. The van der Waals surface area contributed by atoms with Crippen LogP contribution in [0, 0.1) is 0 Å². The molecule has 0 aromatic heterocycles. The Balaban J connectivity index is 2.71. The molecule has 0 N–H and O–H groups in total. The second kappa shape index (κ2) is 3.15. The van der Waals surface area contributed by atoms with Crippen molar-refractivity contribution in [2.24, 2.45) is 0 Å². The van der Waals surface area contributed by atoms with E-state index in [0.717, 1.165) is 6.42 Å². The van der Waals surface area contributed by atoms with Crippen molar-refractivity contribution in [1.82, 2.24) is 0 Å². The van der Waals surface area contributed by atoms with Crippen LogP contribution < -0.4 is 0 Å². The zero-order valence-electron chi connectivity index (χ0n) is 8.09. The fourth-order valence-corrected chi connectivity index (χ4v) is 1.53. The average Bonchev–Trinajstić information content (AvgIpc) is 1.82. The molecule has 0 bridgehead atoms. The van der Waals surface area contributed by atoms with Gasteiger partial charge in [0.2, 0.25) is 5.79 Å². The van der Waals surface area contributed by atoms with Crippen molar-refractivity contribution < 1.29 is 14.3 Å². The number of hydrogen-bond acceptors (Lipinski definition) is 3. The quantitative estimate of drug-likeness (QED) is 0.601. The third-order valence-corrected chi connectivity index (χ3v) is 2.16. The molecule has 1 aliphatic rings. The highest BCUT2D eigenvalue weighted by Crippen LogP contribution is 2.27. The summed E-state index contributed by atoms with van der Waals surface area (Å²) in [5.74, 6) is -1.09. The summed E-state index contributed by atoms with van der Waals surface area (Å²) in [7, 11) is 0. The number of ketones is 1. The molecule has 1 fully saturated rings. The normalized spacial score (nSPS) is 42.7. The van der Waals surface area contributed by atoms with Gasteiger partial charge in [-0.15, -0.1) is 0 Å². The number of carbonyl (C=O) groups excluding carboxylic acids is 1. The maximum Gasteiger partial charge on any atom is 0.226 e. The van der Waals surface area contributed by atoms with Gasteiger partial charge in [0.25, 0.3) is 0 Å². The van der Waals surface area contributed by atoms with Crippen LogP contribution in [0.4, 0.5) is 0 Å². The molecule has 2 atom stereocenters. The van der Waals surface area contributed by atoms with Crippen molar-refractivity contribution >= 4 is 5.78 Å². The van der Waals surface area contributed by atoms with E-state index in [9.17, 15) is 4.79 Å². The van der Waals surface area contributed by atoms with Crippen LogP contribution in [0.5, 0.6) is 0 Å². The number of carbonyl (C=O) groups is 1. The van der Waals surface area contributed by atoms with Crippen LogP contribution in [-0.2, 0) is 14.3 Å². The lowest BCUT2D eigenvalue weighted by molar-refractivity contribution is -0.284. The first-order chi connectivity index (χ1) is 5.44. The van der Waals surface area contributed by atoms with Crippen molar-refractivity contribution in [3.05, 3.63) is 0 Å². The Kier molecular flexibility index (Phi) is 2.54. The third kappa shape index (κ3) is 1.84. The maximum absolute atomic E-state index is 11.2. The minimum absolute atomic E-state index is 0.0686. The summed E-state index contributed by atoms with van der Waals surface area (Å²) in [5.41, 5.74) is 0. The summed E-state index contributed by atoms with van der Waals surface area (Å²) in [6.07, 6.45) is 1.05. The highest BCUT2D eigenvalue weighted by atomic mass is 16.7. The molecule has 0 aromatic carbocycles. The van der Waals surface area contributed by atoms with Gasteiger partial charge in [0.05, 0.1) is 12.2 Å². The molecule has 12 heavy (non-hydrogen) atoms. The van der Waals surface area contributed by atoms with Gasteiger partial charge in [-0.3, -0.25) is 4.79 Å². The molecule has 0 aromatic rings. The van der Waals surface area contributed by atoms with E-state index in [0.29, 0.717) is 0 Å². The van der Waals surface area contributed by atoms with Gasteiger partial charge < -0.3 is 9.47 Å². The van der Waals surface area contributed by atoms with Gasteiger partial charge in [-0.2, -0.15) is 0 Å². The van der Waals surface area contributed by atoms with Crippen molar-refractivity contribution in [3.8, 4) is 0 Å². The van der Waals surface area contributed by atoms with Crippen LogP contribution in [0.2, 0.25) is 0 Å². The first-order valence-electron chi connectivity index (χ1n) is 4.30. The van der Waals surface area contributed by atoms with E-state index in [2.05, 4.69) is 0 Å². The lowest BCUT2D eigenvalue weighted by Crippen LogP contribution is -2.49. The molecule has 1 saturated heterocycles. The minimum atomic E-state index is -1.02. The Bertz CT molecular complexity index is 178. The number of ether oxygens (including phenoxy) is 2. The van der Waals surface area contributed by atoms with Crippen LogP contribution in [0.15, 0.2) is 0 Å². The maximum atomic E-state index is 11.2. The SMILES string of the molecule is CC(=O)C1(C)OC(C)CC(C)O1. The highest BCUT2D eigenvalue weighted by Gasteiger charge is 2.39. The molecule has 1 heterocycles. The second-order valence-corrected chi connectivity index (χ2v) is 3.59. The molecule has 0 aliphatic carbocycles. The average molecular weight is 172 g/mol. The van der Waals surface area contributed by atoms with E-state index in [1.165, 1.54) is 6.92 Å². The topological polar surface area (TPSA) is 35.5 Å². The fourth-order valence-electron chi connectivity index (χ4n) is 1.53. The molecule has 2 unspecified atom stereocenters. The van der Waals surface area contributed by atoms with E-state index in [4.69, 9.17) is 9.47 Å². The van der Waals surface area contributed by atoms with Crippen LogP contribution in [0.25, 0.3) is 0 Å². The predicted molar refractivity (Wildman–Crippen MR) is 44.8 cm³/mol. The van der Waals surface area contributed by atoms with Gasteiger partial charge in [-0.05, 0) is 27.2 Å². The predicted octanol–water partition coefficient (Wildman–Crippen LogP) is 1.51. The van der Waals surface area contributed by atoms with Gasteiger partial charge in [-0.1, -0.05) is 0 Å². The van der Waals surface area contributed by atoms with E-state index < -0.39 is 5.79 Å². The van der Waals surface area contributed by atoms with Crippen molar-refractivity contribution in [1.29, 1.82) is 0 Å². The molecule has 0 amide bonds. The zero-order chi connectivity index (χ0) is 9.35. The largest absolute Gasteiger partial charge is 0.341 e. The molecule has 3 nitrogen and oxygen atoms in total. The molecule has 3 heteroatoms. The highest BCUT2D eigenvalue weighted by molar-refractivity contribution is 5.83. The lowest BCUT2D eigenvalue weighted by atomic mass is 10.1. The summed E-state index contributed by atoms with van der Waals surface area (Å²) < 4.78 is 10.9. The number of hydrogen-bond donors (Lipinski definition) is 0. The van der Waals surface area contributed by atoms with Crippen LogP contribution in [-0.4, -0.2) is 23.8 Å². The molecule has 0 radical (unpaired) electrons. The second-order valence-electron chi connectivity index (χ2n) is 3.59. The first-order valence-corrected chi connectivity index (χ1v) is 4.30. The summed E-state index contributed by atoms with van der Waals surface area (Å²) in [5, 5.41) is 0. The van der Waals surface area contributed by atoms with Crippen molar-refractivity contribution in [2.75, 3.05) is 0 Å². The molecule has 1 aliphatic heterocycles. The van der Waals surface area contributed by atoms with Gasteiger partial charge in [0.15, 0.2) is 5.78 Å². The van der Waals surface area contributed by atoms with Crippen molar-refractivity contribution in [3.63, 3.8) is 0 Å². The van der Waals surface area contributed by atoms with Crippen LogP contribution >= 0.6 is 0 Å². The monoisotopic (exact) mass is 172 g/mol. The summed E-state index contributed by atoms with van der Waals surface area (Å²) in [4.78, 5) is 11.2. The Labute approximate surface area is 73.0 Å². The summed E-state index contributed by atoms with van der Waals surface area (Å²) >= 11 is 0. The Morgan fingerprint density at radius 3 is 2.08 bits per heavy atom. The van der Waals surface area contributed by atoms with Crippen LogP contribution in [0.1, 0.15) is 34.1 Å². The molecule has 0 saturated carbocycles. The summed E-state index contributed by atoms with van der Waals surface area (Å²) in [6, 6.07) is 0. The van der Waals surface area contributed by atoms with E-state index >= 15 is 0 Å². The van der Waals surface area contributed by atoms with Crippen LogP contribution in [0.3, 0.4) is 0 Å². The van der Waals surface area contributed by atoms with E-state index in [-0.39, 0.29) is 18.0 Å². The van der Waals surface area contributed by atoms with E-state index in [1.807, 2.05) is 13.8 Å².